The summed E-state index contributed by atoms with van der Waals surface area (Å²) in [4.78, 5) is 16.5. The van der Waals surface area contributed by atoms with E-state index < -0.39 is 11.7 Å². The first kappa shape index (κ1) is 15.3. The molecule has 0 fully saturated rings. The number of carbonyl (C=O) groups is 1. The van der Waals surface area contributed by atoms with Crippen LogP contribution in [0.4, 0.5) is 9.93 Å². The highest BCUT2D eigenvalue weighted by Gasteiger charge is 2.15. The van der Waals surface area contributed by atoms with Gasteiger partial charge in [0.15, 0.2) is 0 Å². The molecule has 0 unspecified atom stereocenters. The molecule has 0 saturated heterocycles. The van der Waals surface area contributed by atoms with Gasteiger partial charge in [-0.25, -0.2) is 9.78 Å². The summed E-state index contributed by atoms with van der Waals surface area (Å²) in [6.07, 6.45) is 1.36. The molecule has 0 aliphatic rings. The number of halogens is 1. The maximum Gasteiger partial charge on any atom is 0.407 e. The maximum absolute atomic E-state index is 11.4. The van der Waals surface area contributed by atoms with Gasteiger partial charge in [0.2, 0.25) is 10.1 Å². The summed E-state index contributed by atoms with van der Waals surface area (Å²) in [5.41, 5.74) is -0.477. The minimum Gasteiger partial charge on any atom is -0.444 e. The van der Waals surface area contributed by atoms with Crippen LogP contribution in [0.25, 0.3) is 4.96 Å². The zero-order chi connectivity index (χ0) is 14.8. The minimum atomic E-state index is -0.477. The molecule has 0 atom stereocenters. The van der Waals surface area contributed by atoms with Gasteiger partial charge >= 0.3 is 6.09 Å². The van der Waals surface area contributed by atoms with Crippen molar-refractivity contribution in [2.45, 2.75) is 26.4 Å². The largest absolute Gasteiger partial charge is 0.444 e. The van der Waals surface area contributed by atoms with Gasteiger partial charge in [0, 0.05) is 13.1 Å². The Kier molecular flexibility index (Phi) is 4.68. The zero-order valence-electron chi connectivity index (χ0n) is 11.4. The van der Waals surface area contributed by atoms with Crippen molar-refractivity contribution in [3.05, 3.63) is 9.90 Å². The van der Waals surface area contributed by atoms with Crippen LogP contribution >= 0.6 is 33.9 Å². The van der Waals surface area contributed by atoms with Crippen molar-refractivity contribution in [2.24, 2.45) is 0 Å². The lowest BCUT2D eigenvalue weighted by molar-refractivity contribution is 0.0530. The van der Waals surface area contributed by atoms with Crippen molar-refractivity contribution < 1.29 is 9.53 Å². The van der Waals surface area contributed by atoms with Crippen molar-refractivity contribution in [1.29, 1.82) is 0 Å². The number of nitrogens with zero attached hydrogens (tertiary/aromatic N) is 3. The molecule has 0 saturated carbocycles. The molecule has 0 aromatic carbocycles. The number of fused-ring (bicyclic) bond motifs is 1. The SMILES string of the molecule is CC(C)(C)OC(=O)NCCNc1nn2c(I)cnc2s1. The zero-order valence-corrected chi connectivity index (χ0v) is 14.4. The first-order valence-electron chi connectivity index (χ1n) is 6.06. The van der Waals surface area contributed by atoms with Gasteiger partial charge in [-0.1, -0.05) is 11.3 Å². The smallest absolute Gasteiger partial charge is 0.407 e. The molecule has 20 heavy (non-hydrogen) atoms. The second kappa shape index (κ2) is 6.12. The molecule has 1 amide bonds. The fourth-order valence-electron chi connectivity index (χ4n) is 1.39. The van der Waals surface area contributed by atoms with Crippen LogP contribution in [0.3, 0.4) is 0 Å². The van der Waals surface area contributed by atoms with Gasteiger partial charge in [0.25, 0.3) is 0 Å². The van der Waals surface area contributed by atoms with E-state index in [0.29, 0.717) is 13.1 Å². The maximum atomic E-state index is 11.4. The molecule has 0 spiro atoms. The third kappa shape index (κ3) is 4.20. The van der Waals surface area contributed by atoms with Gasteiger partial charge in [-0.2, -0.15) is 4.52 Å². The fourth-order valence-corrected chi connectivity index (χ4v) is 2.83. The minimum absolute atomic E-state index is 0.414. The number of hydrogen-bond donors (Lipinski definition) is 2. The lowest BCUT2D eigenvalue weighted by Gasteiger charge is -2.19. The molecule has 2 rings (SSSR count). The number of imidazole rings is 1. The summed E-state index contributed by atoms with van der Waals surface area (Å²) >= 11 is 3.64. The molecule has 110 valence electrons. The van der Waals surface area contributed by atoms with Crippen molar-refractivity contribution >= 4 is 50.1 Å². The number of hydrogen-bond acceptors (Lipinski definition) is 6. The second-order valence-electron chi connectivity index (χ2n) is 5.04. The normalized spacial score (nSPS) is 11.6. The van der Waals surface area contributed by atoms with E-state index >= 15 is 0 Å². The predicted octanol–water partition coefficient (Wildman–Crippen LogP) is 2.33. The first-order chi connectivity index (χ1) is 9.35. The van der Waals surface area contributed by atoms with E-state index in [1.807, 2.05) is 20.8 Å². The van der Waals surface area contributed by atoms with Crippen LogP contribution in [0.15, 0.2) is 6.20 Å². The molecule has 2 heterocycles. The highest BCUT2D eigenvalue weighted by molar-refractivity contribution is 14.1. The van der Waals surface area contributed by atoms with Crippen molar-refractivity contribution in [1.82, 2.24) is 19.9 Å². The van der Waals surface area contributed by atoms with Crippen molar-refractivity contribution in [2.75, 3.05) is 18.4 Å². The predicted molar refractivity (Wildman–Crippen MR) is 86.3 cm³/mol. The van der Waals surface area contributed by atoms with Gasteiger partial charge in [0.05, 0.1) is 6.20 Å². The van der Waals surface area contributed by atoms with Crippen LogP contribution in [0.5, 0.6) is 0 Å². The van der Waals surface area contributed by atoms with Gasteiger partial charge < -0.3 is 15.4 Å². The highest BCUT2D eigenvalue weighted by atomic mass is 127. The number of carbonyl (C=O) groups excluding carboxylic acids is 1. The number of nitrogens with one attached hydrogen (secondary N) is 2. The van der Waals surface area contributed by atoms with Crippen molar-refractivity contribution in [3.63, 3.8) is 0 Å². The van der Waals surface area contributed by atoms with Crippen LogP contribution in [0.1, 0.15) is 20.8 Å². The number of rotatable bonds is 4. The third-order valence-electron chi connectivity index (χ3n) is 2.11. The Hall–Kier alpha value is -1.10. The van der Waals surface area contributed by atoms with Crippen LogP contribution in [0.2, 0.25) is 0 Å². The van der Waals surface area contributed by atoms with E-state index in [-0.39, 0.29) is 0 Å². The van der Waals surface area contributed by atoms with E-state index in [1.54, 1.807) is 10.7 Å². The number of ether oxygens (including phenoxy) is 1. The third-order valence-corrected chi connectivity index (χ3v) is 3.73. The summed E-state index contributed by atoms with van der Waals surface area (Å²) in [6, 6.07) is 0. The Labute approximate surface area is 134 Å². The molecule has 2 aromatic rings. The molecule has 7 nitrogen and oxygen atoms in total. The summed E-state index contributed by atoms with van der Waals surface area (Å²) in [5.74, 6) is 0. The first-order valence-corrected chi connectivity index (χ1v) is 7.95. The van der Waals surface area contributed by atoms with Crippen LogP contribution in [-0.4, -0.2) is 39.4 Å². The van der Waals surface area contributed by atoms with E-state index in [0.717, 1.165) is 13.8 Å². The van der Waals surface area contributed by atoms with E-state index in [1.165, 1.54) is 11.3 Å². The Morgan fingerprint density at radius 2 is 2.25 bits per heavy atom. The van der Waals surface area contributed by atoms with Gasteiger partial charge in [-0.05, 0) is 43.4 Å². The molecule has 0 bridgehead atoms. The molecule has 2 N–H and O–H groups in total. The standard InChI is InChI=1S/C11H16IN5O2S/c1-11(2,3)19-10(18)14-5-4-13-8-16-17-7(12)6-15-9(17)20-8/h6H,4-5H2,1-3H3,(H,13,16)(H,14,18). The summed E-state index contributed by atoms with van der Waals surface area (Å²) in [5, 5.41) is 10.9. The van der Waals surface area contributed by atoms with Gasteiger partial charge in [0.1, 0.15) is 9.30 Å². The Bertz CT molecular complexity index is 603. The van der Waals surface area contributed by atoms with E-state index in [4.69, 9.17) is 4.74 Å². The Balaban J connectivity index is 1.74. The lowest BCUT2D eigenvalue weighted by Crippen LogP contribution is -2.34. The number of amides is 1. The molecule has 0 aliphatic carbocycles. The lowest BCUT2D eigenvalue weighted by atomic mass is 10.2. The molecular formula is C11H16IN5O2S. The molecule has 2 aromatic heterocycles. The summed E-state index contributed by atoms with van der Waals surface area (Å²) in [6.45, 7) is 6.54. The average molecular weight is 409 g/mol. The molecule has 9 heteroatoms. The highest BCUT2D eigenvalue weighted by Crippen LogP contribution is 2.20. The van der Waals surface area contributed by atoms with Gasteiger partial charge in [-0.3, -0.25) is 0 Å². The van der Waals surface area contributed by atoms with Crippen LogP contribution in [-0.2, 0) is 4.74 Å². The van der Waals surface area contributed by atoms with Crippen molar-refractivity contribution in [3.8, 4) is 0 Å². The number of alkyl carbamates (subject to hydrolysis) is 1. The topological polar surface area (TPSA) is 80.5 Å². The molecule has 0 radical (unpaired) electrons. The second-order valence-corrected chi connectivity index (χ2v) is 7.10. The Morgan fingerprint density at radius 1 is 1.50 bits per heavy atom. The van der Waals surface area contributed by atoms with E-state index in [9.17, 15) is 4.79 Å². The van der Waals surface area contributed by atoms with Gasteiger partial charge in [-0.15, -0.1) is 5.10 Å². The average Bonchev–Trinajstić information content (AvgIpc) is 2.85. The fraction of sp³-hybridized carbons (Fsp3) is 0.545. The van der Waals surface area contributed by atoms with Crippen LogP contribution in [0, 0.1) is 3.70 Å². The molecule has 0 aliphatic heterocycles. The van der Waals surface area contributed by atoms with Crippen LogP contribution < -0.4 is 10.6 Å². The number of anilines is 1. The van der Waals surface area contributed by atoms with E-state index in [2.05, 4.69) is 43.3 Å². The summed E-state index contributed by atoms with van der Waals surface area (Å²) in [7, 11) is 0. The summed E-state index contributed by atoms with van der Waals surface area (Å²) < 4.78 is 7.87. The monoisotopic (exact) mass is 409 g/mol. The quantitative estimate of drug-likeness (QED) is 0.599. The molecular weight excluding hydrogens is 393 g/mol. The number of aromatic nitrogens is 3. The Morgan fingerprint density at radius 3 is 2.90 bits per heavy atom.